The molecule has 0 spiro atoms. The number of nitrogens with zero attached hydrogens (tertiary/aromatic N) is 10. The SMILES string of the molecule is N#Cc1nc(C2CC2)cc(N2CC(N[C@H]3CCc4cc(-n5c(-c6cccnc6N)nc6ccc(-n7cccn7)nc65)ccc43)C2)n1. The van der Waals surface area contributed by atoms with Crippen molar-refractivity contribution in [3.8, 4) is 29.0 Å². The third-order valence-corrected chi connectivity index (χ3v) is 9.24. The van der Waals surface area contributed by atoms with Gasteiger partial charge in [-0.05, 0) is 79.3 Å². The maximum atomic E-state index is 9.44. The number of aryl methyl sites for hydroxylation is 1. The van der Waals surface area contributed by atoms with Gasteiger partial charge in [0.05, 0.1) is 11.3 Å². The van der Waals surface area contributed by atoms with E-state index in [0.717, 1.165) is 72.7 Å². The lowest BCUT2D eigenvalue weighted by Gasteiger charge is -2.42. The van der Waals surface area contributed by atoms with Gasteiger partial charge in [-0.1, -0.05) is 6.07 Å². The van der Waals surface area contributed by atoms with Gasteiger partial charge in [0.2, 0.25) is 5.82 Å². The highest BCUT2D eigenvalue weighted by Crippen LogP contribution is 2.40. The number of nitrogens with two attached hydrogens (primary N) is 1. The lowest BCUT2D eigenvalue weighted by atomic mass is 10.0. The van der Waals surface area contributed by atoms with E-state index in [4.69, 9.17) is 15.7 Å². The fraction of sp³-hybridized carbons (Fsp3) is 0.265. The molecule has 46 heavy (non-hydrogen) atoms. The smallest absolute Gasteiger partial charge is 0.234 e. The molecule has 0 unspecified atom stereocenters. The average Bonchev–Trinajstić information content (AvgIpc) is 3.44. The lowest BCUT2D eigenvalue weighted by molar-refractivity contribution is 0.367. The van der Waals surface area contributed by atoms with Gasteiger partial charge in [-0.2, -0.15) is 10.4 Å². The molecule has 5 aromatic heterocycles. The number of hydrogen-bond acceptors (Lipinski definition) is 10. The van der Waals surface area contributed by atoms with Crippen LogP contribution in [0, 0.1) is 11.3 Å². The Hall–Kier alpha value is -5.67. The number of fused-ring (bicyclic) bond motifs is 2. The van der Waals surface area contributed by atoms with Crippen LogP contribution in [-0.4, -0.2) is 58.4 Å². The van der Waals surface area contributed by atoms with Crippen molar-refractivity contribution in [2.75, 3.05) is 23.7 Å². The summed E-state index contributed by atoms with van der Waals surface area (Å²) in [7, 11) is 0. The normalized spacial score (nSPS) is 17.6. The Labute approximate surface area is 264 Å². The van der Waals surface area contributed by atoms with Crippen molar-refractivity contribution in [1.29, 1.82) is 5.26 Å². The number of rotatable bonds is 7. The van der Waals surface area contributed by atoms with Crippen LogP contribution < -0.4 is 16.0 Å². The van der Waals surface area contributed by atoms with Gasteiger partial charge in [-0.25, -0.2) is 29.6 Å². The minimum atomic E-state index is 0.268. The van der Waals surface area contributed by atoms with E-state index in [1.165, 1.54) is 11.1 Å². The lowest BCUT2D eigenvalue weighted by Crippen LogP contribution is -2.59. The van der Waals surface area contributed by atoms with Gasteiger partial charge >= 0.3 is 0 Å². The fourth-order valence-corrected chi connectivity index (χ4v) is 6.74. The van der Waals surface area contributed by atoms with E-state index in [1.807, 2.05) is 36.5 Å². The van der Waals surface area contributed by atoms with Crippen LogP contribution in [0.2, 0.25) is 0 Å². The van der Waals surface area contributed by atoms with E-state index < -0.39 is 0 Å². The minimum absolute atomic E-state index is 0.268. The quantitative estimate of drug-likeness (QED) is 0.270. The summed E-state index contributed by atoms with van der Waals surface area (Å²) in [5.41, 5.74) is 13.2. The molecule has 1 saturated heterocycles. The van der Waals surface area contributed by atoms with Crippen LogP contribution in [0.5, 0.6) is 0 Å². The number of anilines is 2. The summed E-state index contributed by atoms with van der Waals surface area (Å²) in [6.45, 7) is 1.72. The van der Waals surface area contributed by atoms with E-state index in [1.54, 1.807) is 17.1 Å². The van der Waals surface area contributed by atoms with Crippen molar-refractivity contribution in [2.24, 2.45) is 0 Å². The predicted molar refractivity (Wildman–Crippen MR) is 173 cm³/mol. The number of hydrogen-bond donors (Lipinski definition) is 2. The zero-order valence-electron chi connectivity index (χ0n) is 25.0. The van der Waals surface area contributed by atoms with Crippen LogP contribution in [0.3, 0.4) is 0 Å². The van der Waals surface area contributed by atoms with Crippen molar-refractivity contribution >= 4 is 22.8 Å². The maximum absolute atomic E-state index is 9.44. The highest BCUT2D eigenvalue weighted by Gasteiger charge is 2.34. The number of aromatic nitrogens is 8. The van der Waals surface area contributed by atoms with Gasteiger partial charge < -0.3 is 16.0 Å². The Morgan fingerprint density at radius 3 is 2.63 bits per heavy atom. The number of nitriles is 1. The van der Waals surface area contributed by atoms with Crippen LogP contribution in [0.4, 0.5) is 11.6 Å². The average molecular weight is 607 g/mol. The molecule has 0 bridgehead atoms. The molecule has 12 heteroatoms. The number of imidazole rings is 1. The van der Waals surface area contributed by atoms with E-state index in [9.17, 15) is 5.26 Å². The Morgan fingerprint density at radius 2 is 1.83 bits per heavy atom. The van der Waals surface area contributed by atoms with Gasteiger partial charge in [-0.15, -0.1) is 0 Å². The standard InChI is InChI=1S/C34H30N12/c35-17-29-40-28(20-4-5-20)16-31(42-29)44-18-22(19-44)39-26-9-6-21-15-23(7-8-24(21)26)46-33(25-3-1-12-37-32(25)36)41-27-10-11-30(43-34(27)46)45-14-2-13-38-45/h1-3,7-8,10-16,20,22,26,39H,4-6,9,18-19H2,(H2,36,37)/t26-/m0/s1. The molecule has 226 valence electrons. The van der Waals surface area contributed by atoms with Gasteiger partial charge in [-0.3, -0.25) is 4.57 Å². The van der Waals surface area contributed by atoms with Gasteiger partial charge in [0.1, 0.15) is 23.2 Å². The fourth-order valence-electron chi connectivity index (χ4n) is 6.74. The topological polar surface area (TPSA) is 152 Å². The Kier molecular flexibility index (Phi) is 6.07. The molecule has 2 aliphatic carbocycles. The molecule has 1 aliphatic heterocycles. The van der Waals surface area contributed by atoms with Crippen molar-refractivity contribution < 1.29 is 0 Å². The molecule has 9 rings (SSSR count). The number of pyridine rings is 2. The largest absolute Gasteiger partial charge is 0.383 e. The van der Waals surface area contributed by atoms with Crippen LogP contribution in [0.1, 0.15) is 53.9 Å². The summed E-state index contributed by atoms with van der Waals surface area (Å²) in [5, 5.41) is 17.7. The molecule has 1 saturated carbocycles. The highest BCUT2D eigenvalue weighted by molar-refractivity contribution is 5.83. The van der Waals surface area contributed by atoms with E-state index in [-0.39, 0.29) is 11.9 Å². The summed E-state index contributed by atoms with van der Waals surface area (Å²) in [5.74, 6) is 3.44. The zero-order valence-corrected chi connectivity index (χ0v) is 25.0. The number of nitrogens with one attached hydrogen (secondary N) is 1. The molecule has 12 nitrogen and oxygen atoms in total. The van der Waals surface area contributed by atoms with Crippen LogP contribution in [0.15, 0.2) is 73.2 Å². The Bertz CT molecular complexity index is 2150. The van der Waals surface area contributed by atoms with Gasteiger partial charge in [0, 0.05) is 61.4 Å². The van der Waals surface area contributed by atoms with Gasteiger partial charge in [0.25, 0.3) is 0 Å². The summed E-state index contributed by atoms with van der Waals surface area (Å²) in [6.07, 6.45) is 9.60. The molecule has 3 aliphatic rings. The molecule has 6 aromatic rings. The minimum Gasteiger partial charge on any atom is -0.383 e. The second-order valence-electron chi connectivity index (χ2n) is 12.3. The highest BCUT2D eigenvalue weighted by atomic mass is 15.3. The molecule has 6 heterocycles. The van der Waals surface area contributed by atoms with Crippen LogP contribution in [0.25, 0.3) is 34.1 Å². The number of benzene rings is 1. The summed E-state index contributed by atoms with van der Waals surface area (Å²) in [4.78, 5) is 25.5. The van der Waals surface area contributed by atoms with Crippen LogP contribution in [-0.2, 0) is 6.42 Å². The maximum Gasteiger partial charge on any atom is 0.234 e. The molecule has 0 radical (unpaired) electrons. The van der Waals surface area contributed by atoms with E-state index >= 15 is 0 Å². The Balaban J connectivity index is 1.00. The first kappa shape index (κ1) is 26.7. The van der Waals surface area contributed by atoms with Crippen molar-refractivity contribution in [3.63, 3.8) is 0 Å². The van der Waals surface area contributed by atoms with Crippen molar-refractivity contribution in [1.82, 2.24) is 44.6 Å². The van der Waals surface area contributed by atoms with E-state index in [2.05, 4.69) is 65.2 Å². The van der Waals surface area contributed by atoms with Gasteiger partial charge in [0.15, 0.2) is 17.3 Å². The van der Waals surface area contributed by atoms with Crippen molar-refractivity contribution in [2.45, 2.75) is 43.7 Å². The third-order valence-electron chi connectivity index (χ3n) is 9.24. The molecule has 3 N–H and O–H groups in total. The monoisotopic (exact) mass is 606 g/mol. The first-order valence-corrected chi connectivity index (χ1v) is 15.6. The summed E-state index contributed by atoms with van der Waals surface area (Å²) >= 11 is 0. The summed E-state index contributed by atoms with van der Waals surface area (Å²) in [6, 6.07) is 21.1. The first-order valence-electron chi connectivity index (χ1n) is 15.6. The second-order valence-corrected chi connectivity index (χ2v) is 12.3. The second kappa shape index (κ2) is 10.5. The molecular formula is C34H30N12. The predicted octanol–water partition coefficient (Wildman–Crippen LogP) is 4.26. The molecule has 2 fully saturated rings. The molecule has 1 aromatic carbocycles. The molecular weight excluding hydrogens is 576 g/mol. The Morgan fingerprint density at radius 1 is 0.913 bits per heavy atom. The number of nitrogen functional groups attached to an aromatic ring is 1. The molecule has 1 atom stereocenters. The molecule has 0 amide bonds. The third kappa shape index (κ3) is 4.55. The summed E-state index contributed by atoms with van der Waals surface area (Å²) < 4.78 is 3.82. The van der Waals surface area contributed by atoms with Crippen LogP contribution >= 0.6 is 0 Å². The first-order chi connectivity index (χ1) is 22.6. The zero-order chi connectivity index (χ0) is 30.8. The van der Waals surface area contributed by atoms with E-state index in [0.29, 0.717) is 29.4 Å². The van der Waals surface area contributed by atoms with Crippen molar-refractivity contribution in [3.05, 3.63) is 95.8 Å².